The molecule has 7 nitrogen and oxygen atoms in total. The first kappa shape index (κ1) is 19.2. The molecule has 1 atom stereocenters. The fraction of sp³-hybridized carbons (Fsp3) is 0.368. The summed E-state index contributed by atoms with van der Waals surface area (Å²) in [5, 5.41) is 6.03. The van der Waals surface area contributed by atoms with Gasteiger partial charge in [-0.1, -0.05) is 12.1 Å². The highest BCUT2D eigenvalue weighted by Gasteiger charge is 2.29. The number of ether oxygens (including phenoxy) is 1. The van der Waals surface area contributed by atoms with Crippen LogP contribution in [0, 0.1) is 0 Å². The van der Waals surface area contributed by atoms with Crippen LogP contribution in [0.3, 0.4) is 0 Å². The lowest BCUT2D eigenvalue weighted by atomic mass is 10.1. The van der Waals surface area contributed by atoms with Crippen molar-refractivity contribution in [1.29, 1.82) is 0 Å². The van der Waals surface area contributed by atoms with E-state index in [2.05, 4.69) is 15.6 Å². The minimum atomic E-state index is -3.03. The molecule has 1 unspecified atom stereocenters. The summed E-state index contributed by atoms with van der Waals surface area (Å²) in [5.74, 6) is 0.590. The molecule has 2 aromatic rings. The molecular weight excluding hydrogens is 366 g/mol. The SMILES string of the molecule is COc1cccc(CCNc2ccnc(C(=O)NC3CCS(=O)(=O)C3)c2)c1. The largest absolute Gasteiger partial charge is 0.497 e. The van der Waals surface area contributed by atoms with E-state index < -0.39 is 9.84 Å². The highest BCUT2D eigenvalue weighted by Crippen LogP contribution is 2.15. The topological polar surface area (TPSA) is 97.4 Å². The van der Waals surface area contributed by atoms with E-state index in [1.165, 1.54) is 0 Å². The number of pyridine rings is 1. The molecular formula is C19H23N3O4S. The number of carbonyl (C=O) groups is 1. The Morgan fingerprint density at radius 1 is 1.30 bits per heavy atom. The molecule has 1 aromatic carbocycles. The Bertz CT molecular complexity index is 915. The van der Waals surface area contributed by atoms with Crippen LogP contribution in [0.15, 0.2) is 42.6 Å². The van der Waals surface area contributed by atoms with Crippen molar-refractivity contribution in [1.82, 2.24) is 10.3 Å². The molecule has 0 aliphatic carbocycles. The fourth-order valence-corrected chi connectivity index (χ4v) is 4.69. The minimum absolute atomic E-state index is 0.00276. The Kier molecular flexibility index (Phi) is 5.95. The molecule has 1 aromatic heterocycles. The van der Waals surface area contributed by atoms with E-state index in [1.807, 2.05) is 24.3 Å². The zero-order valence-corrected chi connectivity index (χ0v) is 16.0. The van der Waals surface area contributed by atoms with Gasteiger partial charge in [0, 0.05) is 24.5 Å². The lowest BCUT2D eigenvalue weighted by molar-refractivity contribution is 0.0936. The number of nitrogens with one attached hydrogen (secondary N) is 2. The maximum absolute atomic E-state index is 12.3. The zero-order valence-electron chi connectivity index (χ0n) is 15.1. The number of amides is 1. The number of rotatable bonds is 7. The van der Waals surface area contributed by atoms with Crippen LogP contribution in [0.1, 0.15) is 22.5 Å². The van der Waals surface area contributed by atoms with Crippen LogP contribution < -0.4 is 15.4 Å². The average molecular weight is 389 g/mol. The lowest BCUT2D eigenvalue weighted by Gasteiger charge is -2.12. The summed E-state index contributed by atoms with van der Waals surface area (Å²) in [7, 11) is -1.39. The summed E-state index contributed by atoms with van der Waals surface area (Å²) in [6.07, 6.45) is 2.82. The Morgan fingerprint density at radius 2 is 2.15 bits per heavy atom. The van der Waals surface area contributed by atoms with Crippen molar-refractivity contribution in [2.45, 2.75) is 18.9 Å². The van der Waals surface area contributed by atoms with Gasteiger partial charge in [0.25, 0.3) is 5.91 Å². The molecule has 1 amide bonds. The van der Waals surface area contributed by atoms with E-state index in [0.717, 1.165) is 23.4 Å². The van der Waals surface area contributed by atoms with E-state index in [-0.39, 0.29) is 29.1 Å². The van der Waals surface area contributed by atoms with Crippen LogP contribution in [-0.2, 0) is 16.3 Å². The third-order valence-corrected chi connectivity index (χ3v) is 6.21. The van der Waals surface area contributed by atoms with Gasteiger partial charge in [-0.3, -0.25) is 9.78 Å². The van der Waals surface area contributed by atoms with E-state index in [4.69, 9.17) is 4.74 Å². The summed E-state index contributed by atoms with van der Waals surface area (Å²) in [4.78, 5) is 16.4. The van der Waals surface area contributed by atoms with Gasteiger partial charge < -0.3 is 15.4 Å². The van der Waals surface area contributed by atoms with Crippen LogP contribution in [0.2, 0.25) is 0 Å². The van der Waals surface area contributed by atoms with Gasteiger partial charge in [0.2, 0.25) is 0 Å². The number of hydrogen-bond donors (Lipinski definition) is 2. The van der Waals surface area contributed by atoms with Crippen LogP contribution in [0.25, 0.3) is 0 Å². The minimum Gasteiger partial charge on any atom is -0.497 e. The molecule has 0 radical (unpaired) electrons. The average Bonchev–Trinajstić information content (AvgIpc) is 3.00. The number of methoxy groups -OCH3 is 1. The van der Waals surface area contributed by atoms with E-state index in [9.17, 15) is 13.2 Å². The molecule has 2 heterocycles. The molecule has 1 aliphatic rings. The first-order chi connectivity index (χ1) is 12.9. The third kappa shape index (κ3) is 5.43. The number of carbonyl (C=O) groups excluding carboxylic acids is 1. The first-order valence-electron chi connectivity index (χ1n) is 8.79. The Hall–Kier alpha value is -2.61. The second kappa shape index (κ2) is 8.39. The van der Waals surface area contributed by atoms with E-state index in [1.54, 1.807) is 25.4 Å². The maximum atomic E-state index is 12.3. The van der Waals surface area contributed by atoms with Crippen molar-refractivity contribution in [3.63, 3.8) is 0 Å². The molecule has 1 fully saturated rings. The lowest BCUT2D eigenvalue weighted by Crippen LogP contribution is -2.36. The number of sulfone groups is 1. The molecule has 1 aliphatic heterocycles. The van der Waals surface area contributed by atoms with Crippen LogP contribution >= 0.6 is 0 Å². The smallest absolute Gasteiger partial charge is 0.270 e. The Morgan fingerprint density at radius 3 is 2.89 bits per heavy atom. The summed E-state index contributed by atoms with van der Waals surface area (Å²) in [6, 6.07) is 11.0. The van der Waals surface area contributed by atoms with E-state index >= 15 is 0 Å². The highest BCUT2D eigenvalue weighted by molar-refractivity contribution is 7.91. The number of benzene rings is 1. The molecule has 3 rings (SSSR count). The molecule has 2 N–H and O–H groups in total. The highest BCUT2D eigenvalue weighted by atomic mass is 32.2. The van der Waals surface area contributed by atoms with Crippen LogP contribution in [-0.4, -0.2) is 50.5 Å². The van der Waals surface area contributed by atoms with Gasteiger partial charge in [-0.2, -0.15) is 0 Å². The van der Waals surface area contributed by atoms with Crippen LogP contribution in [0.4, 0.5) is 5.69 Å². The predicted molar refractivity (Wildman–Crippen MR) is 104 cm³/mol. The van der Waals surface area contributed by atoms with Crippen molar-refractivity contribution in [3.8, 4) is 5.75 Å². The van der Waals surface area contributed by atoms with Crippen molar-refractivity contribution in [3.05, 3.63) is 53.9 Å². The van der Waals surface area contributed by atoms with Crippen LogP contribution in [0.5, 0.6) is 5.75 Å². The van der Waals surface area contributed by atoms with Gasteiger partial charge >= 0.3 is 0 Å². The molecule has 144 valence electrons. The Labute approximate surface area is 159 Å². The molecule has 27 heavy (non-hydrogen) atoms. The normalized spacial score (nSPS) is 18.0. The second-order valence-corrected chi connectivity index (χ2v) is 8.76. The molecule has 1 saturated heterocycles. The summed E-state index contributed by atoms with van der Waals surface area (Å²) >= 11 is 0. The summed E-state index contributed by atoms with van der Waals surface area (Å²) in [5.41, 5.74) is 2.21. The van der Waals surface area contributed by atoms with Gasteiger partial charge in [0.1, 0.15) is 11.4 Å². The zero-order chi connectivity index (χ0) is 19.3. The monoisotopic (exact) mass is 389 g/mol. The number of anilines is 1. The van der Waals surface area contributed by atoms with Crippen molar-refractivity contribution >= 4 is 21.4 Å². The van der Waals surface area contributed by atoms with Crippen molar-refractivity contribution < 1.29 is 17.9 Å². The quantitative estimate of drug-likeness (QED) is 0.748. The molecule has 8 heteroatoms. The number of hydrogen-bond acceptors (Lipinski definition) is 6. The maximum Gasteiger partial charge on any atom is 0.270 e. The van der Waals surface area contributed by atoms with Crippen molar-refractivity contribution in [2.75, 3.05) is 30.5 Å². The fourth-order valence-electron chi connectivity index (χ4n) is 3.01. The van der Waals surface area contributed by atoms with Gasteiger partial charge in [-0.05, 0) is 42.7 Å². The summed E-state index contributed by atoms with van der Waals surface area (Å²) < 4.78 is 28.2. The summed E-state index contributed by atoms with van der Waals surface area (Å²) in [6.45, 7) is 0.694. The molecule has 0 saturated carbocycles. The number of aromatic nitrogens is 1. The van der Waals surface area contributed by atoms with Gasteiger partial charge in [0.05, 0.1) is 18.6 Å². The van der Waals surface area contributed by atoms with E-state index in [0.29, 0.717) is 13.0 Å². The second-order valence-electron chi connectivity index (χ2n) is 6.53. The standard InChI is InChI=1S/C19H23N3O4S/c1-26-17-4-2-3-14(11-17)5-8-20-15-6-9-21-18(12-15)19(23)22-16-7-10-27(24,25)13-16/h2-4,6,9,11-12,16H,5,7-8,10,13H2,1H3,(H,20,21)(H,22,23). The predicted octanol–water partition coefficient (Wildman–Crippen LogP) is 1.66. The first-order valence-corrected chi connectivity index (χ1v) is 10.6. The van der Waals surface area contributed by atoms with Gasteiger partial charge in [-0.15, -0.1) is 0 Å². The molecule has 0 bridgehead atoms. The molecule has 0 spiro atoms. The third-order valence-electron chi connectivity index (χ3n) is 4.44. The van der Waals surface area contributed by atoms with Gasteiger partial charge in [0.15, 0.2) is 9.84 Å². The van der Waals surface area contributed by atoms with Gasteiger partial charge in [-0.25, -0.2) is 8.42 Å². The number of nitrogens with zero attached hydrogens (tertiary/aromatic N) is 1. The Balaban J connectivity index is 1.54. The van der Waals surface area contributed by atoms with Crippen molar-refractivity contribution in [2.24, 2.45) is 0 Å².